The summed E-state index contributed by atoms with van der Waals surface area (Å²) < 4.78 is 29.3. The Labute approximate surface area is 158 Å². The summed E-state index contributed by atoms with van der Waals surface area (Å²) in [6.45, 7) is 2.47. The SMILES string of the molecule is C[C@H](O)C(=O)N1CCC(n2nccc2NS(=O)(=O)Cc2ccccc2)CC1. The number of piperidine rings is 1. The second-order valence-corrected chi connectivity index (χ2v) is 8.46. The van der Waals surface area contributed by atoms with Gasteiger partial charge in [0.25, 0.3) is 5.91 Å². The highest BCUT2D eigenvalue weighted by Crippen LogP contribution is 2.26. The number of nitrogens with one attached hydrogen (secondary N) is 1. The smallest absolute Gasteiger partial charge is 0.251 e. The highest BCUT2D eigenvalue weighted by atomic mass is 32.2. The summed E-state index contributed by atoms with van der Waals surface area (Å²) in [5.41, 5.74) is 0.709. The molecule has 2 aromatic rings. The number of aromatic nitrogens is 2. The Kier molecular flexibility index (Phi) is 5.81. The van der Waals surface area contributed by atoms with Crippen LogP contribution in [0.15, 0.2) is 42.6 Å². The second kappa shape index (κ2) is 8.10. The van der Waals surface area contributed by atoms with Gasteiger partial charge in [0.05, 0.1) is 18.0 Å². The van der Waals surface area contributed by atoms with Crippen molar-refractivity contribution in [2.24, 2.45) is 0 Å². The van der Waals surface area contributed by atoms with Crippen LogP contribution in [0, 0.1) is 0 Å². The van der Waals surface area contributed by atoms with E-state index < -0.39 is 16.1 Å². The molecular formula is C18H24N4O4S. The average molecular weight is 392 g/mol. The standard InChI is InChI=1S/C18H24N4O4S/c1-14(23)18(24)21-11-8-16(9-12-21)22-17(7-10-19-22)20-27(25,26)13-15-5-3-2-4-6-15/h2-7,10,14,16,20,23H,8-9,11-13H2,1H3/t14-/m0/s1. The van der Waals surface area contributed by atoms with Crippen LogP contribution < -0.4 is 4.72 Å². The molecule has 1 aromatic carbocycles. The molecular weight excluding hydrogens is 368 g/mol. The number of benzene rings is 1. The molecule has 0 radical (unpaired) electrons. The Hall–Kier alpha value is -2.39. The number of nitrogens with zero attached hydrogens (tertiary/aromatic N) is 3. The number of aliphatic hydroxyl groups is 1. The van der Waals surface area contributed by atoms with Crippen molar-refractivity contribution >= 4 is 21.7 Å². The maximum Gasteiger partial charge on any atom is 0.251 e. The molecule has 0 aliphatic carbocycles. The molecule has 1 atom stereocenters. The summed E-state index contributed by atoms with van der Waals surface area (Å²) in [6, 6.07) is 10.6. The van der Waals surface area contributed by atoms with Crippen LogP contribution >= 0.6 is 0 Å². The van der Waals surface area contributed by atoms with Crippen molar-refractivity contribution in [3.8, 4) is 0 Å². The van der Waals surface area contributed by atoms with E-state index in [1.54, 1.807) is 46.1 Å². The summed E-state index contributed by atoms with van der Waals surface area (Å²) >= 11 is 0. The van der Waals surface area contributed by atoms with Gasteiger partial charge in [0.2, 0.25) is 10.0 Å². The maximum atomic E-state index is 12.5. The molecule has 146 valence electrons. The Balaban J connectivity index is 1.65. The van der Waals surface area contributed by atoms with E-state index in [0.717, 1.165) is 0 Å². The minimum absolute atomic E-state index is 0.00697. The van der Waals surface area contributed by atoms with Gasteiger partial charge in [-0.15, -0.1) is 0 Å². The third-order valence-corrected chi connectivity index (χ3v) is 5.84. The van der Waals surface area contributed by atoms with Crippen LogP contribution in [0.3, 0.4) is 0 Å². The van der Waals surface area contributed by atoms with E-state index in [2.05, 4.69) is 9.82 Å². The zero-order valence-corrected chi connectivity index (χ0v) is 16.0. The van der Waals surface area contributed by atoms with E-state index in [1.807, 2.05) is 6.07 Å². The van der Waals surface area contributed by atoms with Crippen LogP contribution in [-0.2, 0) is 20.6 Å². The molecule has 0 bridgehead atoms. The Bertz CT molecular complexity index is 872. The van der Waals surface area contributed by atoms with Crippen molar-refractivity contribution in [1.82, 2.24) is 14.7 Å². The number of rotatable bonds is 6. The molecule has 1 aliphatic heterocycles. The van der Waals surface area contributed by atoms with Crippen molar-refractivity contribution in [1.29, 1.82) is 0 Å². The first kappa shape index (κ1) is 19.4. The Morgan fingerprint density at radius 2 is 1.93 bits per heavy atom. The molecule has 2 heterocycles. The zero-order chi connectivity index (χ0) is 19.4. The summed E-state index contributed by atoms with van der Waals surface area (Å²) in [5.74, 6) is 0.0318. The third-order valence-electron chi connectivity index (χ3n) is 4.61. The summed E-state index contributed by atoms with van der Waals surface area (Å²) in [7, 11) is -3.56. The molecule has 0 saturated carbocycles. The van der Waals surface area contributed by atoms with Crippen molar-refractivity contribution in [3.63, 3.8) is 0 Å². The topological polar surface area (TPSA) is 105 Å². The van der Waals surface area contributed by atoms with Gasteiger partial charge in [-0.2, -0.15) is 5.10 Å². The molecule has 0 unspecified atom stereocenters. The highest BCUT2D eigenvalue weighted by molar-refractivity contribution is 7.91. The lowest BCUT2D eigenvalue weighted by Gasteiger charge is -2.33. The lowest BCUT2D eigenvalue weighted by Crippen LogP contribution is -2.43. The van der Waals surface area contributed by atoms with E-state index in [-0.39, 0.29) is 17.7 Å². The molecule has 9 heteroatoms. The molecule has 1 aromatic heterocycles. The lowest BCUT2D eigenvalue weighted by atomic mass is 10.0. The van der Waals surface area contributed by atoms with Gasteiger partial charge in [0.15, 0.2) is 0 Å². The number of hydrogen-bond donors (Lipinski definition) is 2. The molecule has 0 spiro atoms. The average Bonchev–Trinajstić information content (AvgIpc) is 3.08. The number of carbonyl (C=O) groups is 1. The highest BCUT2D eigenvalue weighted by Gasteiger charge is 2.27. The second-order valence-electron chi connectivity index (χ2n) is 6.74. The van der Waals surface area contributed by atoms with Gasteiger partial charge in [-0.05, 0) is 25.3 Å². The number of likely N-dealkylation sites (tertiary alicyclic amines) is 1. The van der Waals surface area contributed by atoms with Crippen LogP contribution in [0.5, 0.6) is 0 Å². The maximum absolute atomic E-state index is 12.5. The van der Waals surface area contributed by atoms with E-state index in [4.69, 9.17) is 0 Å². The largest absolute Gasteiger partial charge is 0.384 e. The minimum atomic E-state index is -3.56. The number of aliphatic hydroxyl groups excluding tert-OH is 1. The number of carbonyl (C=O) groups excluding carboxylic acids is 1. The van der Waals surface area contributed by atoms with Gasteiger partial charge >= 0.3 is 0 Å². The number of sulfonamides is 1. The first-order valence-corrected chi connectivity index (χ1v) is 10.6. The van der Waals surface area contributed by atoms with E-state index in [0.29, 0.717) is 37.3 Å². The fraction of sp³-hybridized carbons (Fsp3) is 0.444. The summed E-state index contributed by atoms with van der Waals surface area (Å²) in [6.07, 6.45) is 1.85. The van der Waals surface area contributed by atoms with Gasteiger partial charge in [-0.1, -0.05) is 30.3 Å². The van der Waals surface area contributed by atoms with E-state index >= 15 is 0 Å². The molecule has 1 fully saturated rings. The first-order chi connectivity index (χ1) is 12.9. The predicted octanol–water partition coefficient (Wildman–Crippen LogP) is 1.37. The molecule has 2 N–H and O–H groups in total. The molecule has 1 aliphatic rings. The Morgan fingerprint density at radius 1 is 1.26 bits per heavy atom. The molecule has 3 rings (SSSR count). The first-order valence-electron chi connectivity index (χ1n) is 8.90. The lowest BCUT2D eigenvalue weighted by molar-refractivity contribution is -0.140. The van der Waals surface area contributed by atoms with Gasteiger partial charge in [-0.25, -0.2) is 13.1 Å². The summed E-state index contributed by atoms with van der Waals surface area (Å²) in [5, 5.41) is 13.7. The number of amides is 1. The monoisotopic (exact) mass is 392 g/mol. The van der Waals surface area contributed by atoms with Crippen LogP contribution in [0.4, 0.5) is 5.82 Å². The van der Waals surface area contributed by atoms with E-state index in [1.165, 1.54) is 6.92 Å². The number of anilines is 1. The van der Waals surface area contributed by atoms with Crippen LogP contribution in [0.25, 0.3) is 0 Å². The van der Waals surface area contributed by atoms with Crippen LogP contribution in [0.1, 0.15) is 31.4 Å². The van der Waals surface area contributed by atoms with Gasteiger partial charge in [0.1, 0.15) is 11.9 Å². The van der Waals surface area contributed by atoms with Crippen molar-refractivity contribution < 1.29 is 18.3 Å². The van der Waals surface area contributed by atoms with Crippen molar-refractivity contribution in [3.05, 3.63) is 48.2 Å². The van der Waals surface area contributed by atoms with Crippen LogP contribution in [-0.4, -0.2) is 53.3 Å². The zero-order valence-electron chi connectivity index (χ0n) is 15.2. The summed E-state index contributed by atoms with van der Waals surface area (Å²) in [4.78, 5) is 13.5. The predicted molar refractivity (Wildman–Crippen MR) is 101 cm³/mol. The molecule has 8 nitrogen and oxygen atoms in total. The van der Waals surface area contributed by atoms with Gasteiger partial charge < -0.3 is 10.0 Å². The van der Waals surface area contributed by atoms with Gasteiger partial charge in [0, 0.05) is 19.2 Å². The van der Waals surface area contributed by atoms with Crippen molar-refractivity contribution in [2.75, 3.05) is 17.8 Å². The van der Waals surface area contributed by atoms with Crippen LogP contribution in [0.2, 0.25) is 0 Å². The molecule has 27 heavy (non-hydrogen) atoms. The van der Waals surface area contributed by atoms with Crippen molar-refractivity contribution in [2.45, 2.75) is 37.7 Å². The quantitative estimate of drug-likeness (QED) is 0.773. The fourth-order valence-electron chi connectivity index (χ4n) is 3.27. The third kappa shape index (κ3) is 4.86. The van der Waals surface area contributed by atoms with E-state index in [9.17, 15) is 18.3 Å². The number of hydrogen-bond acceptors (Lipinski definition) is 5. The fourth-order valence-corrected chi connectivity index (χ4v) is 4.45. The molecule has 1 saturated heterocycles. The molecule has 1 amide bonds. The Morgan fingerprint density at radius 3 is 2.56 bits per heavy atom. The normalized spacial score (nSPS) is 16.9. The van der Waals surface area contributed by atoms with Gasteiger partial charge in [-0.3, -0.25) is 9.52 Å². The minimum Gasteiger partial charge on any atom is -0.384 e.